The van der Waals surface area contributed by atoms with Crippen LogP contribution in [-0.2, 0) is 4.79 Å². The average Bonchev–Trinajstić information content (AvgIpc) is 2.38. The molecular weight excluding hydrogens is 277 g/mol. The molecule has 0 radical (unpaired) electrons. The maximum atomic E-state index is 13.0. The zero-order valence-electron chi connectivity index (χ0n) is 12.0. The quantitative estimate of drug-likeness (QED) is 0.541. The maximum Gasteiger partial charge on any atom is 0.323 e. The van der Waals surface area contributed by atoms with E-state index in [4.69, 9.17) is 0 Å². The molecule has 1 atom stereocenters. The summed E-state index contributed by atoms with van der Waals surface area (Å²) in [7, 11) is 0. The second kappa shape index (κ2) is 8.27. The summed E-state index contributed by atoms with van der Waals surface area (Å²) in [6, 6.07) is 6.53. The van der Waals surface area contributed by atoms with Crippen LogP contribution in [0.2, 0.25) is 0 Å². The van der Waals surface area contributed by atoms with Gasteiger partial charge in [-0.05, 0) is 50.3 Å². The molecule has 112 valence electrons. The van der Waals surface area contributed by atoms with E-state index in [-0.39, 0.29) is 5.82 Å². The third-order valence-corrected chi connectivity index (χ3v) is 4.25. The fourth-order valence-corrected chi connectivity index (χ4v) is 2.94. The second-order valence-corrected chi connectivity index (χ2v) is 6.10. The molecule has 1 rings (SSSR count). The Morgan fingerprint density at radius 3 is 2.80 bits per heavy atom. The molecule has 0 saturated heterocycles. The van der Waals surface area contributed by atoms with Crippen LogP contribution in [0.25, 0.3) is 0 Å². The van der Waals surface area contributed by atoms with E-state index in [2.05, 4.69) is 5.32 Å². The molecule has 0 spiro atoms. The van der Waals surface area contributed by atoms with E-state index in [1.54, 1.807) is 24.8 Å². The van der Waals surface area contributed by atoms with Gasteiger partial charge in [-0.2, -0.15) is 0 Å². The number of carbonyl (C=O) groups is 1. The Morgan fingerprint density at radius 2 is 2.20 bits per heavy atom. The number of hydrogen-bond acceptors (Lipinski definition) is 3. The zero-order chi connectivity index (χ0) is 15.0. The van der Waals surface area contributed by atoms with Crippen molar-refractivity contribution in [2.24, 2.45) is 0 Å². The topological polar surface area (TPSA) is 49.3 Å². The predicted octanol–water partition coefficient (Wildman–Crippen LogP) is 3.54. The molecule has 1 aromatic carbocycles. The van der Waals surface area contributed by atoms with Crippen molar-refractivity contribution in [2.75, 3.05) is 12.3 Å². The molecule has 1 aromatic rings. The third kappa shape index (κ3) is 5.51. The molecule has 0 aromatic heterocycles. The van der Waals surface area contributed by atoms with Crippen molar-refractivity contribution in [1.29, 1.82) is 0 Å². The molecular formula is C15H22FNO2S. The average molecular weight is 299 g/mol. The van der Waals surface area contributed by atoms with Gasteiger partial charge in [0.1, 0.15) is 11.4 Å². The van der Waals surface area contributed by atoms with Gasteiger partial charge in [0.05, 0.1) is 0 Å². The standard InChI is InChI=1S/C15H22FNO2S/c1-3-17-15(2,14(18)19)9-4-5-10-20-13-8-6-7-12(16)11-13/h6-8,11,17H,3-5,9-10H2,1-2H3,(H,18,19). The number of thioether (sulfide) groups is 1. The lowest BCUT2D eigenvalue weighted by atomic mass is 9.95. The first-order valence-electron chi connectivity index (χ1n) is 6.85. The molecule has 0 aliphatic rings. The smallest absolute Gasteiger partial charge is 0.323 e. The van der Waals surface area contributed by atoms with Crippen molar-refractivity contribution >= 4 is 17.7 Å². The van der Waals surface area contributed by atoms with Crippen LogP contribution >= 0.6 is 11.8 Å². The Morgan fingerprint density at radius 1 is 1.45 bits per heavy atom. The summed E-state index contributed by atoms with van der Waals surface area (Å²) < 4.78 is 13.0. The molecule has 0 amide bonds. The molecule has 0 bridgehead atoms. The summed E-state index contributed by atoms with van der Waals surface area (Å²) in [5, 5.41) is 12.2. The van der Waals surface area contributed by atoms with Gasteiger partial charge in [0.25, 0.3) is 0 Å². The lowest BCUT2D eigenvalue weighted by Gasteiger charge is -2.25. The highest BCUT2D eigenvalue weighted by Crippen LogP contribution is 2.21. The summed E-state index contributed by atoms with van der Waals surface area (Å²) >= 11 is 1.60. The Hall–Kier alpha value is -1.07. The van der Waals surface area contributed by atoms with Crippen LogP contribution < -0.4 is 5.32 Å². The van der Waals surface area contributed by atoms with E-state index in [9.17, 15) is 14.3 Å². The van der Waals surface area contributed by atoms with Crippen molar-refractivity contribution in [3.05, 3.63) is 30.1 Å². The molecule has 20 heavy (non-hydrogen) atoms. The first kappa shape index (κ1) is 17.0. The van der Waals surface area contributed by atoms with Crippen molar-refractivity contribution in [3.8, 4) is 0 Å². The maximum absolute atomic E-state index is 13.0. The molecule has 1 unspecified atom stereocenters. The van der Waals surface area contributed by atoms with Crippen molar-refractivity contribution < 1.29 is 14.3 Å². The van der Waals surface area contributed by atoms with Crippen LogP contribution in [0.15, 0.2) is 29.2 Å². The number of aliphatic carboxylic acids is 1. The number of benzene rings is 1. The number of carboxylic acid groups (broad SMARTS) is 1. The van der Waals surface area contributed by atoms with E-state index in [1.807, 2.05) is 13.0 Å². The number of unbranched alkanes of at least 4 members (excludes halogenated alkanes) is 1. The molecule has 5 heteroatoms. The monoisotopic (exact) mass is 299 g/mol. The highest BCUT2D eigenvalue weighted by Gasteiger charge is 2.30. The fourth-order valence-electron chi connectivity index (χ4n) is 1.99. The third-order valence-electron chi connectivity index (χ3n) is 3.17. The summed E-state index contributed by atoms with van der Waals surface area (Å²) in [5.41, 5.74) is -0.849. The van der Waals surface area contributed by atoms with Crippen LogP contribution in [0.1, 0.15) is 33.1 Å². The molecule has 0 fully saturated rings. The van der Waals surface area contributed by atoms with Gasteiger partial charge in [0.2, 0.25) is 0 Å². The van der Waals surface area contributed by atoms with Crippen molar-refractivity contribution in [3.63, 3.8) is 0 Å². The molecule has 0 aliphatic carbocycles. The minimum atomic E-state index is -0.849. The Labute approximate surface area is 124 Å². The van der Waals surface area contributed by atoms with E-state index < -0.39 is 11.5 Å². The van der Waals surface area contributed by atoms with Crippen molar-refractivity contribution in [2.45, 2.75) is 43.5 Å². The number of halogens is 1. The van der Waals surface area contributed by atoms with Gasteiger partial charge >= 0.3 is 5.97 Å². The lowest BCUT2D eigenvalue weighted by Crippen LogP contribution is -2.49. The Balaban J connectivity index is 2.29. The van der Waals surface area contributed by atoms with E-state index >= 15 is 0 Å². The lowest BCUT2D eigenvalue weighted by molar-refractivity contribution is -0.144. The van der Waals surface area contributed by atoms with Gasteiger partial charge in [-0.1, -0.05) is 19.4 Å². The number of hydrogen-bond donors (Lipinski definition) is 2. The van der Waals surface area contributed by atoms with Gasteiger partial charge in [-0.15, -0.1) is 11.8 Å². The minimum Gasteiger partial charge on any atom is -0.480 e. The fraction of sp³-hybridized carbons (Fsp3) is 0.533. The number of nitrogens with one attached hydrogen (secondary N) is 1. The SMILES string of the molecule is CCNC(C)(CCCCSc1cccc(F)c1)C(=O)O. The summed E-state index contributed by atoms with van der Waals surface area (Å²) in [6.45, 7) is 4.26. The van der Waals surface area contributed by atoms with Gasteiger partial charge in [-0.3, -0.25) is 4.79 Å². The second-order valence-electron chi connectivity index (χ2n) is 4.93. The normalized spacial score (nSPS) is 13.9. The largest absolute Gasteiger partial charge is 0.480 e. The van der Waals surface area contributed by atoms with Crippen LogP contribution in [0, 0.1) is 5.82 Å². The van der Waals surface area contributed by atoms with Crippen molar-refractivity contribution in [1.82, 2.24) is 5.32 Å². The van der Waals surface area contributed by atoms with Gasteiger partial charge < -0.3 is 10.4 Å². The van der Waals surface area contributed by atoms with E-state index in [1.165, 1.54) is 12.1 Å². The molecule has 2 N–H and O–H groups in total. The Kier molecular flexibility index (Phi) is 7.02. The zero-order valence-corrected chi connectivity index (χ0v) is 12.8. The number of likely N-dealkylation sites (N-methyl/N-ethyl adjacent to an activating group) is 1. The van der Waals surface area contributed by atoms with Crippen LogP contribution in [0.4, 0.5) is 4.39 Å². The van der Waals surface area contributed by atoms with E-state index in [0.29, 0.717) is 13.0 Å². The highest BCUT2D eigenvalue weighted by atomic mass is 32.2. The van der Waals surface area contributed by atoms with E-state index in [0.717, 1.165) is 23.5 Å². The van der Waals surface area contributed by atoms with Crippen LogP contribution in [0.3, 0.4) is 0 Å². The van der Waals surface area contributed by atoms with Crippen LogP contribution in [0.5, 0.6) is 0 Å². The first-order chi connectivity index (χ1) is 9.48. The number of carboxylic acids is 1. The minimum absolute atomic E-state index is 0.222. The summed E-state index contributed by atoms with van der Waals surface area (Å²) in [4.78, 5) is 12.1. The van der Waals surface area contributed by atoms with Gasteiger partial charge in [0, 0.05) is 4.90 Å². The number of rotatable bonds is 9. The molecule has 0 heterocycles. The molecule has 0 saturated carbocycles. The Bertz CT molecular complexity index is 442. The summed E-state index contributed by atoms with van der Waals surface area (Å²) in [6.07, 6.45) is 2.34. The highest BCUT2D eigenvalue weighted by molar-refractivity contribution is 7.99. The first-order valence-corrected chi connectivity index (χ1v) is 7.83. The molecule has 3 nitrogen and oxygen atoms in total. The molecule has 0 aliphatic heterocycles. The van der Waals surface area contributed by atoms with Gasteiger partial charge in [0.15, 0.2) is 0 Å². The van der Waals surface area contributed by atoms with Crippen LogP contribution in [-0.4, -0.2) is 28.9 Å². The van der Waals surface area contributed by atoms with Gasteiger partial charge in [-0.25, -0.2) is 4.39 Å². The summed E-state index contributed by atoms with van der Waals surface area (Å²) in [5.74, 6) is -0.164. The predicted molar refractivity (Wildman–Crippen MR) is 80.7 cm³/mol.